The minimum absolute atomic E-state index is 0.194. The lowest BCUT2D eigenvalue weighted by atomic mass is 10.1. The first-order valence-electron chi connectivity index (χ1n) is 5.81. The summed E-state index contributed by atoms with van der Waals surface area (Å²) in [5.74, 6) is -0.194. The van der Waals surface area contributed by atoms with Gasteiger partial charge >= 0.3 is 0 Å². The monoisotopic (exact) mass is 364 g/mol. The highest BCUT2D eigenvalue weighted by Crippen LogP contribution is 2.07. The molecular weight excluding hydrogens is 351 g/mol. The second-order valence-electron chi connectivity index (χ2n) is 4.07. The van der Waals surface area contributed by atoms with Gasteiger partial charge in [0.15, 0.2) is 0 Å². The van der Waals surface area contributed by atoms with Gasteiger partial charge in [0.1, 0.15) is 0 Å². The van der Waals surface area contributed by atoms with E-state index < -0.39 is 0 Å². The molecule has 1 N–H and O–H groups in total. The van der Waals surface area contributed by atoms with Crippen LogP contribution in [0.5, 0.6) is 0 Å². The van der Waals surface area contributed by atoms with Crippen molar-refractivity contribution in [3.8, 4) is 0 Å². The third kappa shape index (κ3) is 3.89. The summed E-state index contributed by atoms with van der Waals surface area (Å²) in [6, 6.07) is 15.3. The summed E-state index contributed by atoms with van der Waals surface area (Å²) >= 11 is 2.24. The van der Waals surface area contributed by atoms with Crippen LogP contribution < -0.4 is 5.43 Å². The van der Waals surface area contributed by atoms with Crippen LogP contribution in [0.2, 0.25) is 0 Å². The van der Waals surface area contributed by atoms with Crippen LogP contribution >= 0.6 is 22.6 Å². The lowest BCUT2D eigenvalue weighted by molar-refractivity contribution is 0.0954. The van der Waals surface area contributed by atoms with Gasteiger partial charge in [-0.3, -0.25) is 4.79 Å². The van der Waals surface area contributed by atoms with E-state index in [1.165, 1.54) is 0 Å². The van der Waals surface area contributed by atoms with Crippen molar-refractivity contribution in [1.82, 2.24) is 5.43 Å². The molecule has 2 aromatic carbocycles. The zero-order valence-electron chi connectivity index (χ0n) is 10.4. The van der Waals surface area contributed by atoms with Crippen molar-refractivity contribution in [1.29, 1.82) is 0 Å². The van der Waals surface area contributed by atoms with E-state index in [1.807, 2.05) is 49.4 Å². The van der Waals surface area contributed by atoms with Gasteiger partial charge < -0.3 is 0 Å². The van der Waals surface area contributed by atoms with Gasteiger partial charge in [-0.2, -0.15) is 5.10 Å². The molecule has 0 saturated carbocycles. The molecule has 0 aliphatic rings. The van der Waals surface area contributed by atoms with Gasteiger partial charge in [-0.05, 0) is 58.8 Å². The minimum atomic E-state index is -0.194. The average Bonchev–Trinajstić information content (AvgIpc) is 2.39. The smallest absolute Gasteiger partial charge is 0.267 e. The Morgan fingerprint density at radius 1 is 1.21 bits per heavy atom. The quantitative estimate of drug-likeness (QED) is 0.507. The van der Waals surface area contributed by atoms with E-state index >= 15 is 0 Å². The Labute approximate surface area is 125 Å². The van der Waals surface area contributed by atoms with Crippen LogP contribution in [0.25, 0.3) is 0 Å². The fourth-order valence-electron chi connectivity index (χ4n) is 1.64. The number of nitrogens with one attached hydrogen (secondary N) is 1. The zero-order valence-corrected chi connectivity index (χ0v) is 12.6. The first kappa shape index (κ1) is 13.7. The van der Waals surface area contributed by atoms with Crippen LogP contribution in [0.4, 0.5) is 0 Å². The Balaban J connectivity index is 2.03. The van der Waals surface area contributed by atoms with Gasteiger partial charge in [0.25, 0.3) is 5.91 Å². The fraction of sp³-hybridized carbons (Fsp3) is 0.0667. The number of halogens is 1. The molecule has 0 aromatic heterocycles. The van der Waals surface area contributed by atoms with Gasteiger partial charge in [-0.25, -0.2) is 5.43 Å². The first-order chi connectivity index (χ1) is 9.16. The first-order valence-corrected chi connectivity index (χ1v) is 6.89. The third-order valence-corrected chi connectivity index (χ3v) is 3.29. The van der Waals surface area contributed by atoms with Gasteiger partial charge in [0, 0.05) is 9.13 Å². The number of amides is 1. The molecule has 0 bridgehead atoms. The fourth-order valence-corrected chi connectivity index (χ4v) is 2.21. The maximum absolute atomic E-state index is 11.9. The second-order valence-corrected chi connectivity index (χ2v) is 5.31. The topological polar surface area (TPSA) is 41.5 Å². The molecule has 0 unspecified atom stereocenters. The Hall–Kier alpha value is -1.69. The zero-order chi connectivity index (χ0) is 13.7. The SMILES string of the molecule is Cc1ccccc1C(=O)N/N=C/c1cccc(I)c1. The molecule has 0 spiro atoms. The highest BCUT2D eigenvalue weighted by Gasteiger charge is 2.05. The standard InChI is InChI=1S/C15H13IN2O/c1-11-5-2-3-8-14(11)15(19)18-17-10-12-6-4-7-13(16)9-12/h2-10H,1H3,(H,18,19)/b17-10+. The lowest BCUT2D eigenvalue weighted by Gasteiger charge is -2.02. The maximum atomic E-state index is 11.9. The van der Waals surface area contributed by atoms with Crippen molar-refractivity contribution in [2.45, 2.75) is 6.92 Å². The second kappa shape index (κ2) is 6.47. The molecule has 1 amide bonds. The van der Waals surface area contributed by atoms with E-state index in [0.29, 0.717) is 5.56 Å². The van der Waals surface area contributed by atoms with Crippen LogP contribution in [-0.2, 0) is 0 Å². The predicted octanol–water partition coefficient (Wildman–Crippen LogP) is 3.36. The number of hydrogen-bond acceptors (Lipinski definition) is 2. The summed E-state index contributed by atoms with van der Waals surface area (Å²) in [5, 5.41) is 3.97. The average molecular weight is 364 g/mol. The molecule has 2 aromatic rings. The molecular formula is C15H13IN2O. The molecule has 0 fully saturated rings. The van der Waals surface area contributed by atoms with E-state index in [1.54, 1.807) is 12.3 Å². The molecule has 0 radical (unpaired) electrons. The largest absolute Gasteiger partial charge is 0.271 e. The summed E-state index contributed by atoms with van der Waals surface area (Å²) in [5.41, 5.74) is 5.07. The molecule has 4 heteroatoms. The number of aryl methyl sites for hydroxylation is 1. The van der Waals surface area contributed by atoms with Crippen molar-refractivity contribution in [3.63, 3.8) is 0 Å². The van der Waals surface area contributed by atoms with E-state index in [4.69, 9.17) is 0 Å². The van der Waals surface area contributed by atoms with Crippen LogP contribution in [-0.4, -0.2) is 12.1 Å². The van der Waals surface area contributed by atoms with Gasteiger partial charge in [-0.1, -0.05) is 30.3 Å². The molecule has 96 valence electrons. The molecule has 0 saturated heterocycles. The summed E-state index contributed by atoms with van der Waals surface area (Å²) in [4.78, 5) is 11.9. The number of rotatable bonds is 3. The number of nitrogens with zero attached hydrogens (tertiary/aromatic N) is 1. The van der Waals surface area contributed by atoms with Crippen molar-refractivity contribution >= 4 is 34.7 Å². The van der Waals surface area contributed by atoms with Crippen molar-refractivity contribution in [2.24, 2.45) is 5.10 Å². The van der Waals surface area contributed by atoms with Crippen LogP contribution in [0.1, 0.15) is 21.5 Å². The van der Waals surface area contributed by atoms with E-state index in [0.717, 1.165) is 14.7 Å². The van der Waals surface area contributed by atoms with Crippen LogP contribution in [0.15, 0.2) is 53.6 Å². The highest BCUT2D eigenvalue weighted by atomic mass is 127. The maximum Gasteiger partial charge on any atom is 0.271 e. The van der Waals surface area contributed by atoms with Crippen LogP contribution in [0, 0.1) is 10.5 Å². The minimum Gasteiger partial charge on any atom is -0.267 e. The lowest BCUT2D eigenvalue weighted by Crippen LogP contribution is -2.18. The molecule has 0 aliphatic heterocycles. The molecule has 3 nitrogen and oxygen atoms in total. The van der Waals surface area contributed by atoms with E-state index in [-0.39, 0.29) is 5.91 Å². The Bertz CT molecular complexity index is 623. The number of carbonyl (C=O) groups excluding carboxylic acids is 1. The van der Waals surface area contributed by atoms with Gasteiger partial charge in [0.05, 0.1) is 6.21 Å². The number of hydrazone groups is 1. The molecule has 2 rings (SSSR count). The normalized spacial score (nSPS) is 10.6. The summed E-state index contributed by atoms with van der Waals surface area (Å²) in [7, 11) is 0. The van der Waals surface area contributed by atoms with Crippen LogP contribution in [0.3, 0.4) is 0 Å². The molecule has 19 heavy (non-hydrogen) atoms. The molecule has 0 heterocycles. The third-order valence-electron chi connectivity index (χ3n) is 2.62. The highest BCUT2D eigenvalue weighted by molar-refractivity contribution is 14.1. The number of hydrogen-bond donors (Lipinski definition) is 1. The molecule has 0 atom stereocenters. The van der Waals surface area contributed by atoms with E-state index in [9.17, 15) is 4.79 Å². The molecule has 0 aliphatic carbocycles. The van der Waals surface area contributed by atoms with Crippen molar-refractivity contribution in [2.75, 3.05) is 0 Å². The van der Waals surface area contributed by atoms with Gasteiger partial charge in [0.2, 0.25) is 0 Å². The van der Waals surface area contributed by atoms with E-state index in [2.05, 4.69) is 33.1 Å². The summed E-state index contributed by atoms with van der Waals surface area (Å²) in [6.45, 7) is 1.90. The number of benzene rings is 2. The predicted molar refractivity (Wildman–Crippen MR) is 85.4 cm³/mol. The Kier molecular flexibility index (Phi) is 4.68. The summed E-state index contributed by atoms with van der Waals surface area (Å²) in [6.07, 6.45) is 1.64. The number of carbonyl (C=O) groups is 1. The summed E-state index contributed by atoms with van der Waals surface area (Å²) < 4.78 is 1.13. The van der Waals surface area contributed by atoms with Gasteiger partial charge in [-0.15, -0.1) is 0 Å². The Morgan fingerprint density at radius 2 is 2.00 bits per heavy atom. The van der Waals surface area contributed by atoms with Crippen molar-refractivity contribution in [3.05, 3.63) is 68.8 Å². The Morgan fingerprint density at radius 3 is 2.74 bits per heavy atom. The van der Waals surface area contributed by atoms with Crippen molar-refractivity contribution < 1.29 is 4.79 Å².